The highest BCUT2D eigenvalue weighted by molar-refractivity contribution is 5.69. The monoisotopic (exact) mass is 982 g/mol. The molecule has 0 rings (SSSR count). The van der Waals surface area contributed by atoms with E-state index < -0.39 is 62.6 Å². The molecule has 2 atom stereocenters. The van der Waals surface area contributed by atoms with Crippen LogP contribution in [0.5, 0.6) is 0 Å². The molecule has 0 radical (unpaired) electrons. The predicted octanol–water partition coefficient (Wildman–Crippen LogP) is 16.4. The van der Waals surface area contributed by atoms with E-state index in [0.29, 0.717) is 122 Å². The van der Waals surface area contributed by atoms with Gasteiger partial charge < -0.3 is 19.5 Å². The normalized spacial score (nSPS) is 13.7. The summed E-state index contributed by atoms with van der Waals surface area (Å²) in [7, 11) is 0. The van der Waals surface area contributed by atoms with E-state index in [-0.39, 0.29) is 57.1 Å². The van der Waals surface area contributed by atoms with Gasteiger partial charge in [-0.25, -0.2) is 0 Å². The van der Waals surface area contributed by atoms with Gasteiger partial charge in [-0.1, -0.05) is 77.0 Å². The molecule has 394 valence electrons. The lowest BCUT2D eigenvalue weighted by molar-refractivity contribution is -0.151. The second-order valence-electron chi connectivity index (χ2n) is 18.1. The minimum atomic E-state index is -4.22. The van der Waals surface area contributed by atoms with Crippen LogP contribution in [-0.2, 0) is 19.1 Å². The zero-order valence-corrected chi connectivity index (χ0v) is 39.5. The maximum absolute atomic E-state index is 12.7. The van der Waals surface area contributed by atoms with Gasteiger partial charge in [-0.15, -0.1) is 0 Å². The van der Waals surface area contributed by atoms with Crippen molar-refractivity contribution in [1.82, 2.24) is 4.90 Å². The number of nitrogens with zero attached hydrogens (tertiary/aromatic N) is 1. The number of carbonyl (C=O) groups is 2. The first kappa shape index (κ1) is 64.0. The number of carbonyl (C=O) groups excluding carboxylic acids is 2. The molecule has 0 spiro atoms. The van der Waals surface area contributed by atoms with Gasteiger partial charge in [0.1, 0.15) is 12.2 Å². The number of aliphatic hydroxyl groups excluding tert-OH is 1. The van der Waals surface area contributed by atoms with E-state index in [1.54, 1.807) is 0 Å². The second-order valence-corrected chi connectivity index (χ2v) is 18.1. The molecule has 0 saturated heterocycles. The van der Waals surface area contributed by atoms with E-state index in [0.717, 1.165) is 64.6 Å². The Bertz CT molecular complexity index is 1070. The van der Waals surface area contributed by atoms with Gasteiger partial charge in [-0.3, -0.25) is 9.59 Å². The van der Waals surface area contributed by atoms with Crippen molar-refractivity contribution >= 4 is 11.9 Å². The fourth-order valence-corrected chi connectivity index (χ4v) is 7.92. The number of esters is 2. The van der Waals surface area contributed by atoms with Crippen LogP contribution in [0.1, 0.15) is 231 Å². The molecule has 2 unspecified atom stereocenters. The van der Waals surface area contributed by atoms with Crippen molar-refractivity contribution in [3.8, 4) is 0 Å². The third-order valence-electron chi connectivity index (χ3n) is 11.6. The summed E-state index contributed by atoms with van der Waals surface area (Å²) in [5.41, 5.74) is 0. The van der Waals surface area contributed by atoms with E-state index in [1.165, 1.54) is 0 Å². The van der Waals surface area contributed by atoms with E-state index in [2.05, 4.69) is 4.90 Å². The van der Waals surface area contributed by atoms with Crippen LogP contribution in [0, 0.1) is 0 Å². The molecule has 0 aromatic heterocycles. The maximum atomic E-state index is 12.7. The van der Waals surface area contributed by atoms with Crippen molar-refractivity contribution in [2.45, 2.75) is 268 Å². The van der Waals surface area contributed by atoms with Crippen LogP contribution in [0.25, 0.3) is 0 Å². The highest BCUT2D eigenvalue weighted by Gasteiger charge is 2.28. The van der Waals surface area contributed by atoms with Gasteiger partial charge in [0.25, 0.3) is 0 Å². The van der Waals surface area contributed by atoms with Gasteiger partial charge in [0, 0.05) is 45.1 Å². The average molecular weight is 982 g/mol. The first-order valence-electron chi connectivity index (χ1n) is 25.1. The molecule has 0 fully saturated rings. The summed E-state index contributed by atoms with van der Waals surface area (Å²) in [5, 5.41) is 9.28. The molecule has 66 heavy (non-hydrogen) atoms. The van der Waals surface area contributed by atoms with Gasteiger partial charge in [0.2, 0.25) is 0 Å². The number of rotatable bonds is 44. The lowest BCUT2D eigenvalue weighted by atomic mass is 10.0. The Morgan fingerprint density at radius 1 is 0.348 bits per heavy atom. The first-order chi connectivity index (χ1) is 31.1. The Kier molecular flexibility index (Phi) is 37.7. The second kappa shape index (κ2) is 38.8. The Hall–Kier alpha value is -1.98. The topological polar surface area (TPSA) is 76.1 Å². The number of alkyl halides is 12. The fourth-order valence-electron chi connectivity index (χ4n) is 7.92. The summed E-state index contributed by atoms with van der Waals surface area (Å²) in [6.45, 7) is 2.63. The molecular weight excluding hydrogens is 899 g/mol. The molecule has 18 heteroatoms. The number of aliphatic hydroxyl groups is 1. The molecule has 0 bridgehead atoms. The smallest absolute Gasteiger partial charge is 0.389 e. The molecule has 0 amide bonds. The van der Waals surface area contributed by atoms with Gasteiger partial charge in [0.05, 0.1) is 0 Å². The molecule has 0 aromatic rings. The standard InChI is InChI=1S/C48H83F12NO5/c49-45(50,51)33-19-7-1-3-13-27-41(29-15-11-21-35-47(55,56)57)65-43(63)31-17-5-9-23-37-61(39-25-26-40-62)38-24-10-6-18-32-44(64)66-42(30-16-12-22-36-48(58,59)60)28-14-4-2-8-20-34-46(52,53)54/h41-42,62H,1-40H2. The Balaban J connectivity index is 4.63. The number of hydrogen-bond acceptors (Lipinski definition) is 6. The van der Waals surface area contributed by atoms with Crippen molar-refractivity contribution in [2.75, 3.05) is 26.2 Å². The Labute approximate surface area is 387 Å². The van der Waals surface area contributed by atoms with Gasteiger partial charge in [-0.05, 0) is 135 Å². The molecule has 0 aliphatic heterocycles. The molecule has 1 N–H and O–H groups in total. The van der Waals surface area contributed by atoms with Crippen LogP contribution in [0.15, 0.2) is 0 Å². The van der Waals surface area contributed by atoms with Crippen LogP contribution >= 0.6 is 0 Å². The first-order valence-corrected chi connectivity index (χ1v) is 25.1. The van der Waals surface area contributed by atoms with Crippen molar-refractivity contribution in [3.63, 3.8) is 0 Å². The Morgan fingerprint density at radius 3 is 0.894 bits per heavy atom. The van der Waals surface area contributed by atoms with Crippen LogP contribution in [0.4, 0.5) is 52.7 Å². The van der Waals surface area contributed by atoms with Crippen LogP contribution in [0.2, 0.25) is 0 Å². The third-order valence-corrected chi connectivity index (χ3v) is 11.6. The summed E-state index contributed by atoms with van der Waals surface area (Å²) in [5.74, 6) is -0.710. The lowest BCUT2D eigenvalue weighted by Gasteiger charge is -2.22. The predicted molar refractivity (Wildman–Crippen MR) is 234 cm³/mol. The zero-order valence-electron chi connectivity index (χ0n) is 39.5. The van der Waals surface area contributed by atoms with Crippen molar-refractivity contribution in [3.05, 3.63) is 0 Å². The van der Waals surface area contributed by atoms with Gasteiger partial charge >= 0.3 is 36.6 Å². The molecule has 0 saturated carbocycles. The number of ether oxygens (including phenoxy) is 2. The summed E-state index contributed by atoms with van der Waals surface area (Å²) < 4.78 is 161. The SMILES string of the molecule is O=C(CCCCCCN(CCCCO)CCCCCCC(=O)OC(CCCCCCCC(F)(F)F)CCCCCC(F)(F)F)OC(CCCCCCCC(F)(F)F)CCCCCC(F)(F)F. The highest BCUT2D eigenvalue weighted by atomic mass is 19.4. The van der Waals surface area contributed by atoms with Crippen molar-refractivity contribution < 1.29 is 76.9 Å². The van der Waals surface area contributed by atoms with E-state index in [9.17, 15) is 67.4 Å². The van der Waals surface area contributed by atoms with Crippen molar-refractivity contribution in [2.24, 2.45) is 0 Å². The minimum Gasteiger partial charge on any atom is -0.462 e. The number of hydrogen-bond donors (Lipinski definition) is 1. The van der Waals surface area contributed by atoms with E-state index in [1.807, 2.05) is 0 Å². The summed E-state index contributed by atoms with van der Waals surface area (Å²) in [6.07, 6.45) is -3.96. The molecule has 0 heterocycles. The highest BCUT2D eigenvalue weighted by Crippen LogP contribution is 2.27. The molecular formula is C48H83F12NO5. The van der Waals surface area contributed by atoms with Crippen LogP contribution < -0.4 is 0 Å². The van der Waals surface area contributed by atoms with E-state index >= 15 is 0 Å². The number of halogens is 12. The molecule has 0 aliphatic rings. The van der Waals surface area contributed by atoms with Crippen LogP contribution in [0.3, 0.4) is 0 Å². The Morgan fingerprint density at radius 2 is 0.591 bits per heavy atom. The third kappa shape index (κ3) is 48.5. The quantitative estimate of drug-likeness (QED) is 0.0372. The molecule has 0 aromatic carbocycles. The van der Waals surface area contributed by atoms with Gasteiger partial charge in [-0.2, -0.15) is 52.7 Å². The summed E-state index contributed by atoms with van der Waals surface area (Å²) >= 11 is 0. The van der Waals surface area contributed by atoms with Crippen LogP contribution in [-0.4, -0.2) is 85.1 Å². The minimum absolute atomic E-state index is 0.00206. The molecule has 6 nitrogen and oxygen atoms in total. The largest absolute Gasteiger partial charge is 0.462 e. The lowest BCUT2D eigenvalue weighted by Crippen LogP contribution is -2.27. The number of unbranched alkanes of at least 4 members (excludes halogenated alkanes) is 19. The summed E-state index contributed by atoms with van der Waals surface area (Å²) in [6, 6.07) is 0. The molecule has 0 aliphatic carbocycles. The van der Waals surface area contributed by atoms with Crippen molar-refractivity contribution in [1.29, 1.82) is 0 Å². The maximum Gasteiger partial charge on any atom is 0.389 e. The summed E-state index contributed by atoms with van der Waals surface area (Å²) in [4.78, 5) is 27.8. The van der Waals surface area contributed by atoms with Gasteiger partial charge in [0.15, 0.2) is 0 Å². The van der Waals surface area contributed by atoms with E-state index in [4.69, 9.17) is 9.47 Å². The zero-order chi connectivity index (χ0) is 49.6. The average Bonchev–Trinajstić information content (AvgIpc) is 3.20. The fraction of sp³-hybridized carbons (Fsp3) is 0.958.